The number of nitrogens with zero attached hydrogens (tertiary/aromatic N) is 1. The van der Waals surface area contributed by atoms with Gasteiger partial charge in [0.1, 0.15) is 23.4 Å². The third kappa shape index (κ3) is 12.7. The number of aromatic hydroxyl groups is 1. The Balaban J connectivity index is 2.44. The van der Waals surface area contributed by atoms with E-state index in [2.05, 4.69) is 17.6 Å². The van der Waals surface area contributed by atoms with Crippen LogP contribution in [-0.4, -0.2) is 58.1 Å². The van der Waals surface area contributed by atoms with E-state index in [0.29, 0.717) is 12.0 Å². The molecule has 236 valence electrons. The number of nitrogens with two attached hydrogens (primary N) is 1. The lowest BCUT2D eigenvalue weighted by Crippen LogP contribution is -2.54. The van der Waals surface area contributed by atoms with Gasteiger partial charge in [-0.05, 0) is 64.2 Å². The van der Waals surface area contributed by atoms with Crippen molar-refractivity contribution in [2.75, 3.05) is 6.54 Å². The van der Waals surface area contributed by atoms with Gasteiger partial charge in [-0.1, -0.05) is 70.4 Å². The van der Waals surface area contributed by atoms with E-state index in [1.165, 1.54) is 17.0 Å². The SMILES string of the molecule is CCCCCCCCN(C(=O)C(CCC(N)=O)NC(=O)OC(C)(C)C)C(C(=O)NC1CCCCC1)c1ccc(O)cc1. The number of unbranched alkanes of at least 4 members (excludes halogenated alkanes) is 5. The first-order chi connectivity index (χ1) is 19.9. The topological polar surface area (TPSA) is 151 Å². The molecule has 5 N–H and O–H groups in total. The first-order valence-electron chi connectivity index (χ1n) is 15.6. The molecule has 0 saturated heterocycles. The van der Waals surface area contributed by atoms with E-state index in [9.17, 15) is 24.3 Å². The Hall–Kier alpha value is -3.30. The predicted molar refractivity (Wildman–Crippen MR) is 163 cm³/mol. The van der Waals surface area contributed by atoms with Crippen LogP contribution in [-0.2, 0) is 19.1 Å². The van der Waals surface area contributed by atoms with Gasteiger partial charge in [-0.3, -0.25) is 14.4 Å². The van der Waals surface area contributed by atoms with Crippen LogP contribution in [0.4, 0.5) is 4.79 Å². The molecule has 1 aliphatic carbocycles. The molecule has 1 saturated carbocycles. The number of phenolic OH excluding ortho intramolecular Hbond substituents is 1. The molecule has 1 fully saturated rings. The molecule has 2 unspecified atom stereocenters. The minimum absolute atomic E-state index is 0.0161. The molecular weight excluding hydrogens is 536 g/mol. The lowest BCUT2D eigenvalue weighted by molar-refractivity contribution is -0.143. The highest BCUT2D eigenvalue weighted by atomic mass is 16.6. The predicted octanol–water partition coefficient (Wildman–Crippen LogP) is 5.23. The number of benzene rings is 1. The number of nitrogens with one attached hydrogen (secondary N) is 2. The van der Waals surface area contributed by atoms with Gasteiger partial charge in [0.05, 0.1) is 0 Å². The summed E-state index contributed by atoms with van der Waals surface area (Å²) < 4.78 is 5.40. The highest BCUT2D eigenvalue weighted by Gasteiger charge is 2.37. The molecule has 2 atom stereocenters. The molecule has 10 nitrogen and oxygen atoms in total. The van der Waals surface area contributed by atoms with Crippen LogP contribution in [0, 0.1) is 0 Å². The van der Waals surface area contributed by atoms with Gasteiger partial charge in [-0.2, -0.15) is 0 Å². The number of hydrogen-bond acceptors (Lipinski definition) is 6. The summed E-state index contributed by atoms with van der Waals surface area (Å²) in [5.74, 6) is -1.36. The Kier molecular flexibility index (Phi) is 14.6. The minimum atomic E-state index is -1.13. The van der Waals surface area contributed by atoms with Gasteiger partial charge < -0.3 is 31.1 Å². The maximum atomic E-state index is 14.3. The van der Waals surface area contributed by atoms with Crippen molar-refractivity contribution in [1.82, 2.24) is 15.5 Å². The van der Waals surface area contributed by atoms with Gasteiger partial charge >= 0.3 is 6.09 Å². The molecule has 2 rings (SSSR count). The molecule has 0 aromatic heterocycles. The van der Waals surface area contributed by atoms with Crippen LogP contribution in [0.3, 0.4) is 0 Å². The normalized spacial score (nSPS) is 15.3. The molecule has 1 aliphatic rings. The molecule has 4 amide bonds. The molecule has 42 heavy (non-hydrogen) atoms. The van der Waals surface area contributed by atoms with Crippen LogP contribution in [0.5, 0.6) is 5.75 Å². The van der Waals surface area contributed by atoms with Crippen LogP contribution in [0.25, 0.3) is 0 Å². The van der Waals surface area contributed by atoms with Crippen LogP contribution >= 0.6 is 0 Å². The zero-order valence-corrected chi connectivity index (χ0v) is 26.0. The van der Waals surface area contributed by atoms with E-state index < -0.39 is 35.6 Å². The van der Waals surface area contributed by atoms with Crippen LogP contribution in [0.2, 0.25) is 0 Å². The van der Waals surface area contributed by atoms with E-state index in [1.807, 2.05) is 0 Å². The maximum Gasteiger partial charge on any atom is 0.408 e. The fourth-order valence-electron chi connectivity index (χ4n) is 5.28. The summed E-state index contributed by atoms with van der Waals surface area (Å²) in [4.78, 5) is 54.2. The number of carbonyl (C=O) groups is 4. The Bertz CT molecular complexity index is 1000. The van der Waals surface area contributed by atoms with Gasteiger partial charge in [0.2, 0.25) is 17.7 Å². The number of primary amides is 1. The van der Waals surface area contributed by atoms with Crippen molar-refractivity contribution in [3.05, 3.63) is 29.8 Å². The number of ether oxygens (including phenoxy) is 1. The second-order valence-electron chi connectivity index (χ2n) is 12.3. The zero-order chi connectivity index (χ0) is 31.1. The number of amides is 4. The number of alkyl carbamates (subject to hydrolysis) is 1. The summed E-state index contributed by atoms with van der Waals surface area (Å²) in [5, 5.41) is 15.7. The average molecular weight is 589 g/mol. The van der Waals surface area contributed by atoms with Gasteiger partial charge in [0, 0.05) is 19.0 Å². The zero-order valence-electron chi connectivity index (χ0n) is 26.0. The summed E-state index contributed by atoms with van der Waals surface area (Å²) >= 11 is 0. The lowest BCUT2D eigenvalue weighted by atomic mass is 9.94. The van der Waals surface area contributed by atoms with Crippen molar-refractivity contribution in [2.45, 2.75) is 135 Å². The van der Waals surface area contributed by atoms with E-state index in [1.54, 1.807) is 32.9 Å². The fourth-order valence-corrected chi connectivity index (χ4v) is 5.28. The van der Waals surface area contributed by atoms with E-state index in [0.717, 1.165) is 64.2 Å². The third-order valence-corrected chi connectivity index (χ3v) is 7.42. The van der Waals surface area contributed by atoms with Crippen molar-refractivity contribution in [2.24, 2.45) is 5.73 Å². The molecule has 10 heteroatoms. The summed E-state index contributed by atoms with van der Waals surface area (Å²) in [6.07, 6.45) is 9.89. The van der Waals surface area contributed by atoms with Crippen LogP contribution in [0.15, 0.2) is 24.3 Å². The number of hydrogen-bond donors (Lipinski definition) is 4. The monoisotopic (exact) mass is 588 g/mol. The Labute approximate surface area is 251 Å². The second-order valence-corrected chi connectivity index (χ2v) is 12.3. The summed E-state index contributed by atoms with van der Waals surface area (Å²) in [6, 6.07) is 4.16. The Morgan fingerprint density at radius 2 is 1.62 bits per heavy atom. The summed E-state index contributed by atoms with van der Waals surface area (Å²) in [6.45, 7) is 7.57. The standard InChI is InChI=1S/C32H52N4O6/c1-5-6-7-8-9-13-22-36(30(40)26(20-21-27(33)38)35-31(41)42-32(2,3)4)28(23-16-18-25(37)19-17-23)29(39)34-24-14-11-10-12-15-24/h16-19,24,26,28,37H,5-15,20-22H2,1-4H3,(H2,33,38)(H,34,39)(H,35,41). The molecular formula is C32H52N4O6. The van der Waals surface area contributed by atoms with Crippen molar-refractivity contribution in [1.29, 1.82) is 0 Å². The van der Waals surface area contributed by atoms with Crippen LogP contribution in [0.1, 0.15) is 123 Å². The number of rotatable bonds is 16. The molecule has 0 spiro atoms. The number of phenols is 1. The van der Waals surface area contributed by atoms with Gasteiger partial charge in [-0.15, -0.1) is 0 Å². The van der Waals surface area contributed by atoms with Gasteiger partial charge in [0.25, 0.3) is 0 Å². The number of carbonyl (C=O) groups excluding carboxylic acids is 4. The van der Waals surface area contributed by atoms with Gasteiger partial charge in [-0.25, -0.2) is 4.79 Å². The Morgan fingerprint density at radius 1 is 1.00 bits per heavy atom. The van der Waals surface area contributed by atoms with E-state index in [4.69, 9.17) is 10.5 Å². The van der Waals surface area contributed by atoms with E-state index in [-0.39, 0.29) is 37.1 Å². The Morgan fingerprint density at radius 3 is 2.21 bits per heavy atom. The molecule has 0 radical (unpaired) electrons. The smallest absolute Gasteiger partial charge is 0.408 e. The molecule has 0 heterocycles. The van der Waals surface area contributed by atoms with Crippen molar-refractivity contribution in [3.63, 3.8) is 0 Å². The summed E-state index contributed by atoms with van der Waals surface area (Å²) in [5.41, 5.74) is 5.16. The van der Waals surface area contributed by atoms with Gasteiger partial charge in [0.15, 0.2) is 0 Å². The van der Waals surface area contributed by atoms with E-state index >= 15 is 0 Å². The third-order valence-electron chi connectivity index (χ3n) is 7.42. The van der Waals surface area contributed by atoms with Crippen molar-refractivity contribution < 1.29 is 29.0 Å². The minimum Gasteiger partial charge on any atom is -0.508 e. The highest BCUT2D eigenvalue weighted by molar-refractivity contribution is 5.92. The van der Waals surface area contributed by atoms with Crippen LogP contribution < -0.4 is 16.4 Å². The highest BCUT2D eigenvalue weighted by Crippen LogP contribution is 2.27. The van der Waals surface area contributed by atoms with Crippen molar-refractivity contribution >= 4 is 23.8 Å². The lowest BCUT2D eigenvalue weighted by Gasteiger charge is -2.36. The maximum absolute atomic E-state index is 14.3. The average Bonchev–Trinajstić information content (AvgIpc) is 2.92. The summed E-state index contributed by atoms with van der Waals surface area (Å²) in [7, 11) is 0. The first kappa shape index (κ1) is 34.9. The quantitative estimate of drug-likeness (QED) is 0.194. The fraction of sp³-hybridized carbons (Fsp3) is 0.688. The molecule has 0 aliphatic heterocycles. The molecule has 1 aromatic rings. The largest absolute Gasteiger partial charge is 0.508 e. The molecule has 1 aromatic carbocycles. The second kappa shape index (κ2) is 17.6. The van der Waals surface area contributed by atoms with Crippen molar-refractivity contribution in [3.8, 4) is 5.75 Å². The molecule has 0 bridgehead atoms. The first-order valence-corrected chi connectivity index (χ1v) is 15.6.